The van der Waals surface area contributed by atoms with Crippen molar-refractivity contribution in [3.05, 3.63) is 30.1 Å². The van der Waals surface area contributed by atoms with Crippen molar-refractivity contribution in [1.82, 2.24) is 0 Å². The van der Waals surface area contributed by atoms with Crippen LogP contribution in [0, 0.1) is 5.82 Å². The SMILES string of the molecule is NCC1(Nc2cccc(F)c2)CCCC1. The van der Waals surface area contributed by atoms with Gasteiger partial charge >= 0.3 is 0 Å². The Kier molecular flexibility index (Phi) is 2.91. The highest BCUT2D eigenvalue weighted by Gasteiger charge is 2.31. The van der Waals surface area contributed by atoms with Crippen LogP contribution in [0.1, 0.15) is 25.7 Å². The maximum absolute atomic E-state index is 13.0. The van der Waals surface area contributed by atoms with Crippen LogP contribution < -0.4 is 11.1 Å². The van der Waals surface area contributed by atoms with E-state index >= 15 is 0 Å². The lowest BCUT2D eigenvalue weighted by Gasteiger charge is -2.30. The molecule has 3 heteroatoms. The number of benzene rings is 1. The Labute approximate surface area is 89.7 Å². The minimum absolute atomic E-state index is 0.00616. The Hall–Kier alpha value is -1.09. The zero-order chi connectivity index (χ0) is 10.7. The maximum Gasteiger partial charge on any atom is 0.125 e. The summed E-state index contributed by atoms with van der Waals surface area (Å²) in [6.45, 7) is 0.615. The van der Waals surface area contributed by atoms with Gasteiger partial charge in [0.05, 0.1) is 0 Å². The Morgan fingerprint density at radius 3 is 2.67 bits per heavy atom. The molecule has 2 nitrogen and oxygen atoms in total. The largest absolute Gasteiger partial charge is 0.378 e. The minimum Gasteiger partial charge on any atom is -0.378 e. The first kappa shape index (κ1) is 10.4. The standard InChI is InChI=1S/C12H17FN2/c13-10-4-3-5-11(8-10)15-12(9-14)6-1-2-7-12/h3-5,8,15H,1-2,6-7,9,14H2. The molecule has 1 saturated carbocycles. The van der Waals surface area contributed by atoms with Crippen molar-refractivity contribution >= 4 is 5.69 Å². The van der Waals surface area contributed by atoms with Gasteiger partial charge in [-0.3, -0.25) is 0 Å². The number of rotatable bonds is 3. The van der Waals surface area contributed by atoms with Gasteiger partial charge < -0.3 is 11.1 Å². The smallest absolute Gasteiger partial charge is 0.125 e. The lowest BCUT2D eigenvalue weighted by Crippen LogP contribution is -2.42. The average Bonchev–Trinajstić information content (AvgIpc) is 2.67. The molecule has 15 heavy (non-hydrogen) atoms. The van der Waals surface area contributed by atoms with Gasteiger partial charge in [0.1, 0.15) is 5.82 Å². The Morgan fingerprint density at radius 1 is 1.33 bits per heavy atom. The normalized spacial score (nSPS) is 19.1. The summed E-state index contributed by atoms with van der Waals surface area (Å²) in [5.74, 6) is -0.204. The maximum atomic E-state index is 13.0. The first-order chi connectivity index (χ1) is 7.24. The molecule has 1 aromatic carbocycles. The van der Waals surface area contributed by atoms with Gasteiger partial charge in [0.2, 0.25) is 0 Å². The van der Waals surface area contributed by atoms with Crippen LogP contribution in [0.3, 0.4) is 0 Å². The molecule has 0 saturated heterocycles. The Bertz CT molecular complexity index is 332. The van der Waals surface area contributed by atoms with Gasteiger partial charge in [-0.15, -0.1) is 0 Å². The summed E-state index contributed by atoms with van der Waals surface area (Å²) >= 11 is 0. The van der Waals surface area contributed by atoms with Crippen LogP contribution in [0.15, 0.2) is 24.3 Å². The highest BCUT2D eigenvalue weighted by molar-refractivity contribution is 5.46. The quantitative estimate of drug-likeness (QED) is 0.801. The van der Waals surface area contributed by atoms with E-state index in [9.17, 15) is 4.39 Å². The number of nitrogens with one attached hydrogen (secondary N) is 1. The third-order valence-electron chi connectivity index (χ3n) is 3.19. The molecule has 2 rings (SSSR count). The molecule has 0 unspecified atom stereocenters. The van der Waals surface area contributed by atoms with Crippen molar-refractivity contribution < 1.29 is 4.39 Å². The van der Waals surface area contributed by atoms with E-state index in [0.29, 0.717) is 6.54 Å². The summed E-state index contributed by atoms with van der Waals surface area (Å²) in [5.41, 5.74) is 6.63. The van der Waals surface area contributed by atoms with E-state index in [1.807, 2.05) is 6.07 Å². The predicted octanol–water partition coefficient (Wildman–Crippen LogP) is 2.51. The Balaban J connectivity index is 2.12. The van der Waals surface area contributed by atoms with Crippen molar-refractivity contribution in [2.75, 3.05) is 11.9 Å². The first-order valence-corrected chi connectivity index (χ1v) is 5.48. The topological polar surface area (TPSA) is 38.0 Å². The number of hydrogen-bond acceptors (Lipinski definition) is 2. The molecule has 0 spiro atoms. The lowest BCUT2D eigenvalue weighted by molar-refractivity contribution is 0.492. The summed E-state index contributed by atoms with van der Waals surface area (Å²) in [7, 11) is 0. The molecule has 1 aromatic rings. The number of anilines is 1. The molecule has 82 valence electrons. The molecule has 0 bridgehead atoms. The zero-order valence-corrected chi connectivity index (χ0v) is 8.80. The van der Waals surface area contributed by atoms with Crippen molar-refractivity contribution in [1.29, 1.82) is 0 Å². The molecule has 0 amide bonds. The fourth-order valence-corrected chi connectivity index (χ4v) is 2.30. The highest BCUT2D eigenvalue weighted by Crippen LogP contribution is 2.32. The van der Waals surface area contributed by atoms with E-state index in [4.69, 9.17) is 5.73 Å². The van der Waals surface area contributed by atoms with Crippen molar-refractivity contribution in [3.63, 3.8) is 0 Å². The van der Waals surface area contributed by atoms with Gasteiger partial charge in [-0.2, -0.15) is 0 Å². The second-order valence-electron chi connectivity index (χ2n) is 4.33. The molecule has 0 atom stereocenters. The second kappa shape index (κ2) is 4.19. The first-order valence-electron chi connectivity index (χ1n) is 5.48. The van der Waals surface area contributed by atoms with E-state index in [-0.39, 0.29) is 11.4 Å². The van der Waals surface area contributed by atoms with Crippen LogP contribution in [0.4, 0.5) is 10.1 Å². The van der Waals surface area contributed by atoms with Crippen molar-refractivity contribution in [2.24, 2.45) is 5.73 Å². The van der Waals surface area contributed by atoms with E-state index in [2.05, 4.69) is 5.32 Å². The van der Waals surface area contributed by atoms with Crippen LogP contribution in [-0.4, -0.2) is 12.1 Å². The molecule has 1 aliphatic rings. The van der Waals surface area contributed by atoms with E-state index in [0.717, 1.165) is 18.5 Å². The molecule has 0 aromatic heterocycles. The van der Waals surface area contributed by atoms with Gasteiger partial charge in [-0.05, 0) is 31.0 Å². The minimum atomic E-state index is -0.204. The number of halogens is 1. The third kappa shape index (κ3) is 2.29. The van der Waals surface area contributed by atoms with E-state index in [1.54, 1.807) is 6.07 Å². The third-order valence-corrected chi connectivity index (χ3v) is 3.19. The predicted molar refractivity (Wildman–Crippen MR) is 60.3 cm³/mol. The van der Waals surface area contributed by atoms with Crippen LogP contribution in [0.5, 0.6) is 0 Å². The molecule has 3 N–H and O–H groups in total. The van der Waals surface area contributed by atoms with Crippen molar-refractivity contribution in [2.45, 2.75) is 31.2 Å². The van der Waals surface area contributed by atoms with Crippen LogP contribution in [0.2, 0.25) is 0 Å². The van der Waals surface area contributed by atoms with Crippen LogP contribution in [-0.2, 0) is 0 Å². The molecule has 1 aliphatic carbocycles. The summed E-state index contributed by atoms with van der Waals surface area (Å²) in [4.78, 5) is 0. The molecule has 0 heterocycles. The lowest BCUT2D eigenvalue weighted by atomic mass is 9.97. The number of hydrogen-bond donors (Lipinski definition) is 2. The Morgan fingerprint density at radius 2 is 2.07 bits per heavy atom. The fourth-order valence-electron chi connectivity index (χ4n) is 2.30. The molecular formula is C12H17FN2. The summed E-state index contributed by atoms with van der Waals surface area (Å²) in [6, 6.07) is 6.58. The van der Waals surface area contributed by atoms with Gasteiger partial charge in [-0.25, -0.2) is 4.39 Å². The monoisotopic (exact) mass is 208 g/mol. The van der Waals surface area contributed by atoms with Gasteiger partial charge in [0.25, 0.3) is 0 Å². The van der Waals surface area contributed by atoms with Gasteiger partial charge in [0, 0.05) is 17.8 Å². The summed E-state index contributed by atoms with van der Waals surface area (Å²) in [6.07, 6.45) is 4.58. The number of nitrogens with two attached hydrogens (primary N) is 1. The average molecular weight is 208 g/mol. The molecule has 0 radical (unpaired) electrons. The molecule has 0 aliphatic heterocycles. The fraction of sp³-hybridized carbons (Fsp3) is 0.500. The van der Waals surface area contributed by atoms with Crippen LogP contribution in [0.25, 0.3) is 0 Å². The zero-order valence-electron chi connectivity index (χ0n) is 8.80. The van der Waals surface area contributed by atoms with E-state index < -0.39 is 0 Å². The van der Waals surface area contributed by atoms with E-state index in [1.165, 1.54) is 25.0 Å². The summed E-state index contributed by atoms with van der Waals surface area (Å²) in [5, 5.41) is 3.38. The summed E-state index contributed by atoms with van der Waals surface area (Å²) < 4.78 is 13.0. The molecule has 1 fully saturated rings. The second-order valence-corrected chi connectivity index (χ2v) is 4.33. The molecular weight excluding hydrogens is 191 g/mol. The van der Waals surface area contributed by atoms with Gasteiger partial charge in [-0.1, -0.05) is 18.9 Å². The highest BCUT2D eigenvalue weighted by atomic mass is 19.1. The van der Waals surface area contributed by atoms with Crippen molar-refractivity contribution in [3.8, 4) is 0 Å². The van der Waals surface area contributed by atoms with Crippen LogP contribution >= 0.6 is 0 Å². The van der Waals surface area contributed by atoms with Gasteiger partial charge in [0.15, 0.2) is 0 Å².